The highest BCUT2D eigenvalue weighted by Crippen LogP contribution is 2.45. The van der Waals surface area contributed by atoms with Gasteiger partial charge in [0.05, 0.1) is 5.69 Å². The molecule has 9 aromatic carbocycles. The number of fused-ring (bicyclic) bond motifs is 7. The van der Waals surface area contributed by atoms with Crippen LogP contribution in [0.3, 0.4) is 0 Å². The minimum absolute atomic E-state index is 0.846. The van der Waals surface area contributed by atoms with Gasteiger partial charge in [-0.3, -0.25) is 0 Å². The molecule has 0 N–H and O–H groups in total. The van der Waals surface area contributed by atoms with Crippen molar-refractivity contribution in [2.24, 2.45) is 0 Å². The van der Waals surface area contributed by atoms with Crippen molar-refractivity contribution < 1.29 is 8.83 Å². The first-order valence-electron chi connectivity index (χ1n) is 18.7. The lowest BCUT2D eigenvalue weighted by atomic mass is 9.98. The first kappa shape index (κ1) is 31.2. The average Bonchev–Trinajstić information content (AvgIpc) is 3.83. The summed E-state index contributed by atoms with van der Waals surface area (Å²) >= 11 is 0. The molecule has 0 aliphatic heterocycles. The topological polar surface area (TPSA) is 29.5 Å². The Balaban J connectivity index is 1.06. The Kier molecular flexibility index (Phi) is 7.17. The zero-order valence-electron chi connectivity index (χ0n) is 29.8. The molecule has 11 aromatic rings. The molecule has 258 valence electrons. The van der Waals surface area contributed by atoms with Gasteiger partial charge in [-0.15, -0.1) is 0 Å². The largest absolute Gasteiger partial charge is 0.456 e. The normalized spacial score (nSPS) is 11.6. The summed E-state index contributed by atoms with van der Waals surface area (Å²) in [4.78, 5) is 2.31. The summed E-state index contributed by atoms with van der Waals surface area (Å²) in [5.41, 5.74) is 13.5. The van der Waals surface area contributed by atoms with E-state index in [1.807, 2.05) is 12.1 Å². The Bertz CT molecular complexity index is 3180. The number of nitrogens with zero attached hydrogens (tertiary/aromatic N) is 1. The molecule has 0 spiro atoms. The maximum atomic E-state index is 6.82. The Morgan fingerprint density at radius 3 is 1.75 bits per heavy atom. The molecule has 0 atom stereocenters. The third-order valence-corrected chi connectivity index (χ3v) is 10.9. The smallest absolute Gasteiger partial charge is 0.159 e. The van der Waals surface area contributed by atoms with Gasteiger partial charge in [0.15, 0.2) is 5.58 Å². The fourth-order valence-electron chi connectivity index (χ4n) is 8.27. The van der Waals surface area contributed by atoms with E-state index in [9.17, 15) is 0 Å². The molecule has 0 saturated heterocycles. The highest BCUT2D eigenvalue weighted by Gasteiger charge is 2.21. The van der Waals surface area contributed by atoms with Gasteiger partial charge in [0, 0.05) is 32.9 Å². The molecular weight excluding hydrogens is 671 g/mol. The van der Waals surface area contributed by atoms with E-state index in [-0.39, 0.29) is 0 Å². The van der Waals surface area contributed by atoms with Crippen molar-refractivity contribution in [3.8, 4) is 33.4 Å². The molecular formula is C52H33NO2. The summed E-state index contributed by atoms with van der Waals surface area (Å²) in [6.45, 7) is 0. The van der Waals surface area contributed by atoms with Crippen LogP contribution in [0, 0.1) is 0 Å². The van der Waals surface area contributed by atoms with Crippen LogP contribution >= 0.6 is 0 Å². The van der Waals surface area contributed by atoms with E-state index >= 15 is 0 Å². The average molecular weight is 704 g/mol. The fourth-order valence-corrected chi connectivity index (χ4v) is 8.27. The molecule has 0 aliphatic rings. The molecule has 0 amide bonds. The second-order valence-corrected chi connectivity index (χ2v) is 14.1. The number of hydrogen-bond acceptors (Lipinski definition) is 3. The van der Waals surface area contributed by atoms with Gasteiger partial charge in [-0.2, -0.15) is 0 Å². The summed E-state index contributed by atoms with van der Waals surface area (Å²) in [6.07, 6.45) is 0. The van der Waals surface area contributed by atoms with Crippen LogP contribution in [0.25, 0.3) is 88.0 Å². The van der Waals surface area contributed by atoms with E-state index in [1.54, 1.807) is 0 Å². The van der Waals surface area contributed by atoms with E-state index in [0.717, 1.165) is 77.6 Å². The molecule has 0 aliphatic carbocycles. The van der Waals surface area contributed by atoms with Crippen molar-refractivity contribution in [2.45, 2.75) is 0 Å². The van der Waals surface area contributed by atoms with Crippen LogP contribution < -0.4 is 4.90 Å². The van der Waals surface area contributed by atoms with Crippen molar-refractivity contribution in [1.29, 1.82) is 0 Å². The number of benzene rings is 9. The number of hydrogen-bond donors (Lipinski definition) is 0. The van der Waals surface area contributed by atoms with Crippen molar-refractivity contribution in [1.82, 2.24) is 0 Å². The van der Waals surface area contributed by atoms with Crippen molar-refractivity contribution in [3.63, 3.8) is 0 Å². The fraction of sp³-hybridized carbons (Fsp3) is 0. The van der Waals surface area contributed by atoms with Crippen molar-refractivity contribution in [3.05, 3.63) is 200 Å². The summed E-state index contributed by atoms with van der Waals surface area (Å²) < 4.78 is 13.1. The third kappa shape index (κ3) is 5.20. The van der Waals surface area contributed by atoms with E-state index in [4.69, 9.17) is 8.83 Å². The van der Waals surface area contributed by atoms with Crippen molar-refractivity contribution in [2.75, 3.05) is 4.90 Å². The lowest BCUT2D eigenvalue weighted by Crippen LogP contribution is -2.10. The molecule has 0 bridgehead atoms. The molecule has 3 nitrogen and oxygen atoms in total. The quantitative estimate of drug-likeness (QED) is 0.173. The van der Waals surface area contributed by atoms with Gasteiger partial charge in [0.2, 0.25) is 0 Å². The Labute approximate surface area is 317 Å². The van der Waals surface area contributed by atoms with Gasteiger partial charge < -0.3 is 13.7 Å². The van der Waals surface area contributed by atoms with E-state index < -0.39 is 0 Å². The lowest BCUT2D eigenvalue weighted by molar-refractivity contribution is 0.668. The molecule has 0 unspecified atom stereocenters. The van der Waals surface area contributed by atoms with Crippen LogP contribution in [-0.2, 0) is 0 Å². The molecule has 2 heterocycles. The predicted molar refractivity (Wildman–Crippen MR) is 229 cm³/mol. The summed E-state index contributed by atoms with van der Waals surface area (Å²) in [5, 5.41) is 6.94. The minimum Gasteiger partial charge on any atom is -0.456 e. The van der Waals surface area contributed by atoms with Crippen LogP contribution in [0.15, 0.2) is 209 Å². The molecule has 55 heavy (non-hydrogen) atoms. The SMILES string of the molecule is c1ccc(-c2cccc3oc4c(N(c5ccc(-c6ccc7c(c6)oc6ccccc67)cc5)c5ccc(-c6cccc7ccccc67)cc5)cccc4c23)cc1. The second kappa shape index (κ2) is 12.6. The molecule has 2 aromatic heterocycles. The summed E-state index contributed by atoms with van der Waals surface area (Å²) in [7, 11) is 0. The molecule has 0 saturated carbocycles. The first-order chi connectivity index (χ1) is 27.3. The maximum Gasteiger partial charge on any atom is 0.159 e. The number of para-hydroxylation sites is 2. The van der Waals surface area contributed by atoms with E-state index in [2.05, 4.69) is 193 Å². The van der Waals surface area contributed by atoms with Crippen molar-refractivity contribution >= 4 is 71.7 Å². The number of rotatable bonds is 6. The van der Waals surface area contributed by atoms with Crippen LogP contribution in [0.1, 0.15) is 0 Å². The Morgan fingerprint density at radius 2 is 0.909 bits per heavy atom. The van der Waals surface area contributed by atoms with Crippen LogP contribution in [0.2, 0.25) is 0 Å². The molecule has 3 heteroatoms. The monoisotopic (exact) mass is 703 g/mol. The molecule has 0 fully saturated rings. The maximum absolute atomic E-state index is 6.82. The van der Waals surface area contributed by atoms with Gasteiger partial charge in [0.1, 0.15) is 16.7 Å². The number of furan rings is 2. The van der Waals surface area contributed by atoms with Gasteiger partial charge in [-0.1, -0.05) is 146 Å². The van der Waals surface area contributed by atoms with Gasteiger partial charge in [0.25, 0.3) is 0 Å². The second-order valence-electron chi connectivity index (χ2n) is 14.1. The third-order valence-electron chi connectivity index (χ3n) is 10.9. The van der Waals surface area contributed by atoms with E-state index in [1.165, 1.54) is 27.5 Å². The van der Waals surface area contributed by atoms with Gasteiger partial charge >= 0.3 is 0 Å². The molecule has 11 rings (SSSR count). The summed E-state index contributed by atoms with van der Waals surface area (Å²) in [5.74, 6) is 0. The highest BCUT2D eigenvalue weighted by molar-refractivity contribution is 6.16. The zero-order valence-corrected chi connectivity index (χ0v) is 29.8. The highest BCUT2D eigenvalue weighted by atomic mass is 16.3. The Morgan fingerprint density at radius 1 is 0.327 bits per heavy atom. The van der Waals surface area contributed by atoms with Gasteiger partial charge in [-0.25, -0.2) is 0 Å². The summed E-state index contributed by atoms with van der Waals surface area (Å²) in [6, 6.07) is 70.9. The van der Waals surface area contributed by atoms with Crippen LogP contribution in [0.4, 0.5) is 17.1 Å². The lowest BCUT2D eigenvalue weighted by Gasteiger charge is -2.26. The van der Waals surface area contributed by atoms with E-state index in [0.29, 0.717) is 0 Å². The van der Waals surface area contributed by atoms with Crippen LogP contribution in [0.5, 0.6) is 0 Å². The minimum atomic E-state index is 0.846. The number of anilines is 3. The first-order valence-corrected chi connectivity index (χ1v) is 18.7. The Hall–Kier alpha value is -7.36. The van der Waals surface area contributed by atoms with Crippen LogP contribution in [-0.4, -0.2) is 0 Å². The predicted octanol–water partition coefficient (Wildman–Crippen LogP) is 15.1. The zero-order chi connectivity index (χ0) is 36.3. The molecule has 0 radical (unpaired) electrons. The standard InChI is InChI=1S/C52H33NO2/c1-2-11-36(12-3-1)43-18-10-22-49-51(43)46-19-9-20-47(52(46)55-49)53(40-30-25-37(26-31-40)42-17-8-14-35-13-4-5-15-41(35)42)39-28-23-34(24-29-39)38-27-32-45-44-16-6-7-21-48(44)54-50(45)33-38/h1-33H. The van der Waals surface area contributed by atoms with Gasteiger partial charge in [-0.05, 0) is 98.8 Å².